The van der Waals surface area contributed by atoms with Gasteiger partial charge in [0.2, 0.25) is 0 Å². The second kappa shape index (κ2) is 40.5. The molecule has 0 aromatic carbocycles. The molecule has 2 atom stereocenters. The Bertz CT molecular complexity index is 994. The number of unbranched alkanes of at least 4 members (excludes halogenated alkanes) is 23. The molecule has 8 nitrogen and oxygen atoms in total. The number of phosphoric ester groups is 1. The van der Waals surface area contributed by atoms with Crippen molar-refractivity contribution in [3.8, 4) is 0 Å². The summed E-state index contributed by atoms with van der Waals surface area (Å²) in [7, 11) is 1.35. The summed E-state index contributed by atoms with van der Waals surface area (Å²) in [5.41, 5.74) is 0. The van der Waals surface area contributed by atoms with Gasteiger partial charge in [-0.25, -0.2) is 0 Å². The van der Waals surface area contributed by atoms with Crippen LogP contribution in [0.5, 0.6) is 0 Å². The van der Waals surface area contributed by atoms with E-state index in [4.69, 9.17) is 18.5 Å². The molecule has 0 aliphatic heterocycles. The maximum absolute atomic E-state index is 12.7. The highest BCUT2D eigenvalue weighted by atomic mass is 31.2. The second-order valence-corrected chi connectivity index (χ2v) is 18.2. The third-order valence-corrected chi connectivity index (χ3v) is 10.9. The summed E-state index contributed by atoms with van der Waals surface area (Å²) < 4.78 is 34.6. The zero-order chi connectivity index (χ0) is 41.3. The topological polar surface area (TPSA) is 94.1 Å². The standard InChI is InChI=1S/C47H90NO7P/c1-6-8-10-12-14-16-18-20-22-23-24-25-26-27-29-31-33-35-37-39-42-52-44-46(45-54-56(50,51)53-43-41-48(3,4)5)55-47(49)40-38-36-34-32-30-28-21-19-17-15-13-11-9-7-2/h14,16,19-22,46H,6-13,15,17-18,23-45H2,1-5H3/b16-14-,21-19-,22-20-. The lowest BCUT2D eigenvalue weighted by Gasteiger charge is -2.28. The molecule has 0 saturated carbocycles. The van der Waals surface area contributed by atoms with Crippen molar-refractivity contribution in [3.05, 3.63) is 36.5 Å². The molecule has 56 heavy (non-hydrogen) atoms. The lowest BCUT2D eigenvalue weighted by atomic mass is 10.1. The van der Waals surface area contributed by atoms with E-state index in [1.54, 1.807) is 0 Å². The van der Waals surface area contributed by atoms with Crippen molar-refractivity contribution in [2.24, 2.45) is 0 Å². The molecular weight excluding hydrogens is 721 g/mol. The van der Waals surface area contributed by atoms with Crippen LogP contribution >= 0.6 is 7.82 Å². The van der Waals surface area contributed by atoms with Crippen LogP contribution in [0.15, 0.2) is 36.5 Å². The van der Waals surface area contributed by atoms with Crippen molar-refractivity contribution in [2.45, 2.75) is 206 Å². The van der Waals surface area contributed by atoms with E-state index < -0.39 is 13.9 Å². The highest BCUT2D eigenvalue weighted by Gasteiger charge is 2.20. The van der Waals surface area contributed by atoms with E-state index in [-0.39, 0.29) is 25.8 Å². The van der Waals surface area contributed by atoms with Gasteiger partial charge in [-0.1, -0.05) is 159 Å². The average molecular weight is 812 g/mol. The van der Waals surface area contributed by atoms with Gasteiger partial charge in [0.1, 0.15) is 19.3 Å². The molecule has 0 fully saturated rings. The van der Waals surface area contributed by atoms with Crippen LogP contribution in [-0.2, 0) is 27.9 Å². The number of carbonyl (C=O) groups excluding carboxylic acids is 1. The molecule has 0 N–H and O–H groups in total. The summed E-state index contributed by atoms with van der Waals surface area (Å²) in [6, 6.07) is 0. The van der Waals surface area contributed by atoms with Crippen LogP contribution in [0, 0.1) is 0 Å². The molecular formula is C47H90NO7P. The summed E-state index contributed by atoms with van der Waals surface area (Å²) in [5.74, 6) is -0.343. The largest absolute Gasteiger partial charge is 0.756 e. The average Bonchev–Trinajstić information content (AvgIpc) is 3.15. The molecule has 0 rings (SSSR count). The molecule has 2 unspecified atom stereocenters. The first-order valence-electron chi connectivity index (χ1n) is 23.2. The van der Waals surface area contributed by atoms with E-state index >= 15 is 0 Å². The molecule has 0 amide bonds. The maximum Gasteiger partial charge on any atom is 0.306 e. The molecule has 0 aromatic heterocycles. The van der Waals surface area contributed by atoms with Gasteiger partial charge in [-0.2, -0.15) is 0 Å². The molecule has 0 aliphatic carbocycles. The van der Waals surface area contributed by atoms with Gasteiger partial charge in [-0.05, 0) is 70.6 Å². The Hall–Kier alpha value is -1.28. The normalized spacial score (nSPS) is 14.0. The number of hydrogen-bond acceptors (Lipinski definition) is 7. The van der Waals surface area contributed by atoms with Crippen LogP contribution < -0.4 is 4.89 Å². The minimum absolute atomic E-state index is 0.0240. The lowest BCUT2D eigenvalue weighted by molar-refractivity contribution is -0.870. The molecule has 0 bridgehead atoms. The molecule has 0 spiro atoms. The van der Waals surface area contributed by atoms with Crippen molar-refractivity contribution < 1.29 is 37.3 Å². The Kier molecular flexibility index (Phi) is 39.6. The van der Waals surface area contributed by atoms with E-state index in [0.29, 0.717) is 24.1 Å². The summed E-state index contributed by atoms with van der Waals surface area (Å²) in [4.78, 5) is 25.1. The SMILES string of the molecule is CCCCC/C=C\C/C=C\CCCCCCCCCCCCOCC(COP(=O)([O-])OCC[N+](C)(C)C)OC(=O)CCCCCCC/C=C\CCCCCCC. The van der Waals surface area contributed by atoms with Gasteiger partial charge >= 0.3 is 5.97 Å². The van der Waals surface area contributed by atoms with Crippen LogP contribution in [0.3, 0.4) is 0 Å². The van der Waals surface area contributed by atoms with Gasteiger partial charge in [0.25, 0.3) is 7.82 Å². The Labute approximate surface area is 346 Å². The van der Waals surface area contributed by atoms with Crippen LogP contribution in [-0.4, -0.2) is 70.7 Å². The number of allylic oxidation sites excluding steroid dienone is 6. The second-order valence-electron chi connectivity index (χ2n) is 16.8. The first kappa shape index (κ1) is 54.7. The van der Waals surface area contributed by atoms with Crippen LogP contribution in [0.4, 0.5) is 0 Å². The van der Waals surface area contributed by atoms with Gasteiger partial charge < -0.3 is 27.9 Å². The minimum Gasteiger partial charge on any atom is -0.756 e. The monoisotopic (exact) mass is 812 g/mol. The smallest absolute Gasteiger partial charge is 0.306 e. The van der Waals surface area contributed by atoms with Crippen molar-refractivity contribution in [2.75, 3.05) is 54.1 Å². The van der Waals surface area contributed by atoms with Gasteiger partial charge in [0.15, 0.2) is 0 Å². The predicted octanol–water partition coefficient (Wildman–Crippen LogP) is 13.1. The number of phosphoric acid groups is 1. The van der Waals surface area contributed by atoms with Crippen molar-refractivity contribution in [1.29, 1.82) is 0 Å². The van der Waals surface area contributed by atoms with Crippen LogP contribution in [0.25, 0.3) is 0 Å². The Balaban J connectivity index is 4.18. The summed E-state index contributed by atoms with van der Waals surface area (Å²) >= 11 is 0. The summed E-state index contributed by atoms with van der Waals surface area (Å²) in [6.07, 6.45) is 47.2. The molecule has 0 radical (unpaired) electrons. The Morgan fingerprint density at radius 3 is 1.50 bits per heavy atom. The highest BCUT2D eigenvalue weighted by molar-refractivity contribution is 7.45. The van der Waals surface area contributed by atoms with E-state index in [0.717, 1.165) is 51.4 Å². The molecule has 0 heterocycles. The summed E-state index contributed by atoms with van der Waals surface area (Å²) in [6.45, 7) is 5.37. The quantitative estimate of drug-likeness (QED) is 0.0199. The number of carbonyl (C=O) groups is 1. The highest BCUT2D eigenvalue weighted by Crippen LogP contribution is 2.38. The zero-order valence-electron chi connectivity index (χ0n) is 37.3. The summed E-state index contributed by atoms with van der Waals surface area (Å²) in [5, 5.41) is 0. The number of ether oxygens (including phenoxy) is 2. The predicted molar refractivity (Wildman–Crippen MR) is 236 cm³/mol. The van der Waals surface area contributed by atoms with Gasteiger partial charge in [-0.15, -0.1) is 0 Å². The number of likely N-dealkylation sites (N-methyl/N-ethyl adjacent to an activating group) is 1. The van der Waals surface area contributed by atoms with Crippen molar-refractivity contribution in [3.63, 3.8) is 0 Å². The number of nitrogens with zero attached hydrogens (tertiary/aromatic N) is 1. The molecule has 0 aliphatic rings. The fraction of sp³-hybridized carbons (Fsp3) is 0.851. The Morgan fingerprint density at radius 1 is 0.554 bits per heavy atom. The fourth-order valence-electron chi connectivity index (χ4n) is 6.28. The van der Waals surface area contributed by atoms with Gasteiger partial charge in [-0.3, -0.25) is 9.36 Å². The maximum atomic E-state index is 12.7. The van der Waals surface area contributed by atoms with E-state index in [2.05, 4.69) is 50.3 Å². The number of hydrogen-bond donors (Lipinski definition) is 0. The van der Waals surface area contributed by atoms with Crippen molar-refractivity contribution in [1.82, 2.24) is 0 Å². The number of quaternary nitrogens is 1. The van der Waals surface area contributed by atoms with Gasteiger partial charge in [0.05, 0.1) is 34.4 Å². The third kappa shape index (κ3) is 43.8. The van der Waals surface area contributed by atoms with E-state index in [1.807, 2.05) is 21.1 Å². The molecule has 0 saturated heterocycles. The Morgan fingerprint density at radius 2 is 0.982 bits per heavy atom. The van der Waals surface area contributed by atoms with Crippen LogP contribution in [0.1, 0.15) is 200 Å². The first-order chi connectivity index (χ1) is 27.1. The van der Waals surface area contributed by atoms with Crippen molar-refractivity contribution >= 4 is 13.8 Å². The van der Waals surface area contributed by atoms with Gasteiger partial charge in [0, 0.05) is 13.0 Å². The molecule has 9 heteroatoms. The van der Waals surface area contributed by atoms with E-state index in [1.165, 1.54) is 128 Å². The zero-order valence-corrected chi connectivity index (χ0v) is 38.2. The number of rotatable bonds is 43. The van der Waals surface area contributed by atoms with E-state index in [9.17, 15) is 14.3 Å². The first-order valence-corrected chi connectivity index (χ1v) is 24.7. The minimum atomic E-state index is -4.53. The fourth-order valence-corrected chi connectivity index (χ4v) is 7.01. The van der Waals surface area contributed by atoms with Crippen LogP contribution in [0.2, 0.25) is 0 Å². The lowest BCUT2D eigenvalue weighted by Crippen LogP contribution is -2.37. The molecule has 330 valence electrons. The molecule has 0 aromatic rings. The number of esters is 1. The third-order valence-electron chi connectivity index (χ3n) is 9.91.